The quantitative estimate of drug-likeness (QED) is 0.554. The zero-order chi connectivity index (χ0) is 23.5. The summed E-state index contributed by atoms with van der Waals surface area (Å²) in [6.07, 6.45) is 0.834. The van der Waals surface area contributed by atoms with E-state index < -0.39 is 0 Å². The van der Waals surface area contributed by atoms with Crippen LogP contribution in [0.2, 0.25) is 0 Å². The molecule has 2 amide bonds. The molecule has 3 heterocycles. The van der Waals surface area contributed by atoms with Gasteiger partial charge < -0.3 is 19.1 Å². The number of nitrogens with zero attached hydrogens (tertiary/aromatic N) is 4. The lowest BCUT2D eigenvalue weighted by molar-refractivity contribution is -0.130. The van der Waals surface area contributed by atoms with Crippen LogP contribution in [0.4, 0.5) is 0 Å². The van der Waals surface area contributed by atoms with E-state index in [0.717, 1.165) is 40.8 Å². The summed E-state index contributed by atoms with van der Waals surface area (Å²) in [5, 5.41) is 3.05. The van der Waals surface area contributed by atoms with Crippen LogP contribution in [0.25, 0.3) is 11.4 Å². The lowest BCUT2D eigenvalue weighted by atomic mass is 10.1. The Balaban J connectivity index is 1.59. The van der Waals surface area contributed by atoms with E-state index in [1.165, 1.54) is 5.56 Å². The number of amides is 2. The first-order chi connectivity index (χ1) is 15.9. The lowest BCUT2D eigenvalue weighted by Crippen LogP contribution is -2.50. The number of carbonyl (C=O) groups is 2. The van der Waals surface area contributed by atoms with Gasteiger partial charge in [-0.05, 0) is 44.0 Å². The van der Waals surface area contributed by atoms with Crippen molar-refractivity contribution in [2.45, 2.75) is 33.7 Å². The molecule has 0 N–H and O–H groups in total. The Kier molecular flexibility index (Phi) is 6.83. The van der Waals surface area contributed by atoms with Gasteiger partial charge in [-0.3, -0.25) is 9.59 Å². The maximum Gasteiger partial charge on any atom is 0.255 e. The van der Waals surface area contributed by atoms with Crippen LogP contribution in [-0.4, -0.2) is 64.5 Å². The monoisotopic (exact) mass is 466 g/mol. The van der Waals surface area contributed by atoms with E-state index in [0.29, 0.717) is 31.7 Å². The zero-order valence-electron chi connectivity index (χ0n) is 19.6. The van der Waals surface area contributed by atoms with Crippen molar-refractivity contribution in [3.8, 4) is 17.1 Å². The van der Waals surface area contributed by atoms with Crippen molar-refractivity contribution < 1.29 is 14.3 Å². The minimum atomic E-state index is 0.0205. The highest BCUT2D eigenvalue weighted by molar-refractivity contribution is 7.09. The molecule has 33 heavy (non-hydrogen) atoms. The number of ether oxygens (including phenoxy) is 1. The summed E-state index contributed by atoms with van der Waals surface area (Å²) in [6, 6.07) is 10.1. The third-order valence-electron chi connectivity index (χ3n) is 6.27. The number of rotatable bonds is 6. The summed E-state index contributed by atoms with van der Waals surface area (Å²) in [7, 11) is 1.67. The van der Waals surface area contributed by atoms with Gasteiger partial charge in [0.15, 0.2) is 0 Å². The van der Waals surface area contributed by atoms with Gasteiger partial charge in [-0.1, -0.05) is 12.1 Å². The number of hydrogen-bond donors (Lipinski definition) is 0. The van der Waals surface area contributed by atoms with Crippen LogP contribution in [0.5, 0.6) is 5.75 Å². The van der Waals surface area contributed by atoms with Crippen LogP contribution in [-0.2, 0) is 17.8 Å². The fourth-order valence-electron chi connectivity index (χ4n) is 4.27. The predicted octanol–water partition coefficient (Wildman–Crippen LogP) is 3.78. The summed E-state index contributed by atoms with van der Waals surface area (Å²) in [5.41, 5.74) is 4.73. The molecule has 0 aliphatic carbocycles. The second-order valence-electron chi connectivity index (χ2n) is 8.33. The van der Waals surface area contributed by atoms with E-state index in [2.05, 4.69) is 21.7 Å². The normalized spacial score (nSPS) is 13.9. The third kappa shape index (κ3) is 4.95. The van der Waals surface area contributed by atoms with Gasteiger partial charge in [0.1, 0.15) is 5.75 Å². The highest BCUT2D eigenvalue weighted by Gasteiger charge is 2.27. The molecule has 0 spiro atoms. The molecule has 0 unspecified atom stereocenters. The molecule has 1 aliphatic heterocycles. The van der Waals surface area contributed by atoms with Gasteiger partial charge in [0.25, 0.3) is 5.91 Å². The standard InChI is InChI=1S/C25H30N4O3S/c1-17-22(25(31)28-13-11-27(12-14-28)19(3)30)15-24(23-16-33-18(2)26-23)29(17)10-9-20-5-7-21(32-4)8-6-20/h5-8,15-16H,9-14H2,1-4H3. The average molecular weight is 467 g/mol. The summed E-state index contributed by atoms with van der Waals surface area (Å²) in [4.78, 5) is 33.4. The number of aromatic nitrogens is 2. The number of piperazine rings is 1. The first-order valence-corrected chi connectivity index (χ1v) is 12.1. The Labute approximate surface area is 198 Å². The van der Waals surface area contributed by atoms with Crippen LogP contribution in [0.1, 0.15) is 33.5 Å². The van der Waals surface area contributed by atoms with E-state index in [9.17, 15) is 9.59 Å². The molecule has 1 aromatic carbocycles. The van der Waals surface area contributed by atoms with Crippen LogP contribution in [0.15, 0.2) is 35.7 Å². The molecule has 1 saturated heterocycles. The molecule has 0 radical (unpaired) electrons. The van der Waals surface area contributed by atoms with Gasteiger partial charge >= 0.3 is 0 Å². The molecule has 0 bridgehead atoms. The summed E-state index contributed by atoms with van der Waals surface area (Å²) < 4.78 is 7.47. The molecule has 4 rings (SSSR count). The molecular weight excluding hydrogens is 436 g/mol. The van der Waals surface area contributed by atoms with Crippen LogP contribution >= 0.6 is 11.3 Å². The molecule has 7 nitrogen and oxygen atoms in total. The van der Waals surface area contributed by atoms with Crippen molar-refractivity contribution >= 4 is 23.2 Å². The van der Waals surface area contributed by atoms with Gasteiger partial charge in [-0.25, -0.2) is 4.98 Å². The fraction of sp³-hybridized carbons (Fsp3) is 0.400. The van der Waals surface area contributed by atoms with E-state index in [4.69, 9.17) is 4.74 Å². The first kappa shape index (κ1) is 23.0. The largest absolute Gasteiger partial charge is 0.497 e. The van der Waals surface area contributed by atoms with Gasteiger partial charge in [0.05, 0.1) is 29.1 Å². The van der Waals surface area contributed by atoms with Crippen molar-refractivity contribution in [3.63, 3.8) is 0 Å². The van der Waals surface area contributed by atoms with Crippen molar-refractivity contribution in [1.29, 1.82) is 0 Å². The minimum Gasteiger partial charge on any atom is -0.497 e. The number of methoxy groups -OCH3 is 1. The summed E-state index contributed by atoms with van der Waals surface area (Å²) in [6.45, 7) is 8.59. The van der Waals surface area contributed by atoms with Crippen molar-refractivity contribution in [2.24, 2.45) is 0 Å². The topological polar surface area (TPSA) is 67.7 Å². The molecule has 2 aromatic heterocycles. The maximum atomic E-state index is 13.4. The van der Waals surface area contributed by atoms with Crippen LogP contribution in [0.3, 0.4) is 0 Å². The molecule has 0 saturated carbocycles. The minimum absolute atomic E-state index is 0.0205. The molecular formula is C25H30N4O3S. The Morgan fingerprint density at radius 2 is 1.73 bits per heavy atom. The predicted molar refractivity (Wildman–Crippen MR) is 130 cm³/mol. The van der Waals surface area contributed by atoms with E-state index in [1.807, 2.05) is 42.3 Å². The zero-order valence-corrected chi connectivity index (χ0v) is 20.4. The Hall–Kier alpha value is -3.13. The van der Waals surface area contributed by atoms with Crippen molar-refractivity contribution in [1.82, 2.24) is 19.4 Å². The summed E-state index contributed by atoms with van der Waals surface area (Å²) >= 11 is 1.61. The number of hydrogen-bond acceptors (Lipinski definition) is 5. The van der Waals surface area contributed by atoms with E-state index >= 15 is 0 Å². The fourth-order valence-corrected chi connectivity index (χ4v) is 4.88. The molecule has 8 heteroatoms. The summed E-state index contributed by atoms with van der Waals surface area (Å²) in [5.74, 6) is 0.920. The van der Waals surface area contributed by atoms with Gasteiger partial charge in [0.2, 0.25) is 5.91 Å². The SMILES string of the molecule is COc1ccc(CCn2c(-c3csc(C)n3)cc(C(=O)N3CCN(C(C)=O)CC3)c2C)cc1. The number of thiazole rings is 1. The lowest BCUT2D eigenvalue weighted by Gasteiger charge is -2.34. The molecule has 1 fully saturated rings. The van der Waals surface area contributed by atoms with E-state index in [-0.39, 0.29) is 11.8 Å². The molecule has 0 atom stereocenters. The highest BCUT2D eigenvalue weighted by atomic mass is 32.1. The third-order valence-corrected chi connectivity index (χ3v) is 7.05. The Morgan fingerprint density at radius 1 is 1.06 bits per heavy atom. The second kappa shape index (κ2) is 9.79. The number of benzene rings is 1. The smallest absolute Gasteiger partial charge is 0.255 e. The number of aryl methyl sites for hydroxylation is 2. The maximum absolute atomic E-state index is 13.4. The van der Waals surface area contributed by atoms with Gasteiger partial charge in [0, 0.05) is 50.7 Å². The molecule has 174 valence electrons. The van der Waals surface area contributed by atoms with Crippen LogP contribution < -0.4 is 4.74 Å². The van der Waals surface area contributed by atoms with Crippen molar-refractivity contribution in [2.75, 3.05) is 33.3 Å². The van der Waals surface area contributed by atoms with Gasteiger partial charge in [-0.2, -0.15) is 0 Å². The highest BCUT2D eigenvalue weighted by Crippen LogP contribution is 2.29. The first-order valence-electron chi connectivity index (χ1n) is 11.2. The molecule has 3 aromatic rings. The van der Waals surface area contributed by atoms with E-state index in [1.54, 1.807) is 30.3 Å². The van der Waals surface area contributed by atoms with Gasteiger partial charge in [-0.15, -0.1) is 11.3 Å². The average Bonchev–Trinajstić information content (AvgIpc) is 3.40. The Bertz CT molecular complexity index is 1140. The second-order valence-corrected chi connectivity index (χ2v) is 9.39. The Morgan fingerprint density at radius 3 is 2.30 bits per heavy atom. The number of carbonyl (C=O) groups excluding carboxylic acids is 2. The van der Waals surface area contributed by atoms with Crippen LogP contribution in [0, 0.1) is 13.8 Å². The molecule has 1 aliphatic rings. The van der Waals surface area contributed by atoms with Crippen molar-refractivity contribution in [3.05, 3.63) is 57.5 Å².